The van der Waals surface area contributed by atoms with Crippen molar-refractivity contribution < 1.29 is 14.3 Å². The van der Waals surface area contributed by atoms with Crippen molar-refractivity contribution in [3.05, 3.63) is 52.0 Å². The molecule has 0 aromatic heterocycles. The summed E-state index contributed by atoms with van der Waals surface area (Å²) >= 11 is 9.28. The first-order chi connectivity index (χ1) is 13.4. The van der Waals surface area contributed by atoms with E-state index >= 15 is 0 Å². The molecule has 2 amide bonds. The molecule has 150 valence electrons. The maximum atomic E-state index is 12.4. The molecule has 0 aliphatic carbocycles. The maximum Gasteiger partial charge on any atom is 0.265 e. The summed E-state index contributed by atoms with van der Waals surface area (Å²) in [6.07, 6.45) is 2.75. The smallest absolute Gasteiger partial charge is 0.265 e. The van der Waals surface area contributed by atoms with E-state index in [1.165, 1.54) is 0 Å². The lowest BCUT2D eigenvalue weighted by atomic mass is 10.2. The number of rotatable bonds is 9. The van der Waals surface area contributed by atoms with Gasteiger partial charge in [0.05, 0.1) is 4.47 Å². The predicted molar refractivity (Wildman–Crippen MR) is 117 cm³/mol. The van der Waals surface area contributed by atoms with Crippen molar-refractivity contribution in [1.82, 2.24) is 0 Å². The first-order valence-corrected chi connectivity index (χ1v) is 10.4. The average Bonchev–Trinajstić information content (AvgIpc) is 2.64. The summed E-state index contributed by atoms with van der Waals surface area (Å²) in [6, 6.07) is 12.1. The Balaban J connectivity index is 1.93. The summed E-state index contributed by atoms with van der Waals surface area (Å²) in [7, 11) is 0. The zero-order chi connectivity index (χ0) is 20.5. The number of carbonyl (C=O) groups excluding carboxylic acids is 2. The number of carbonyl (C=O) groups is 2. The van der Waals surface area contributed by atoms with Crippen LogP contribution in [0.15, 0.2) is 46.9 Å². The molecule has 0 fully saturated rings. The Morgan fingerprint density at radius 1 is 1.11 bits per heavy atom. The highest BCUT2D eigenvalue weighted by Crippen LogP contribution is 2.29. The Labute approximate surface area is 178 Å². The molecular formula is C21H24BrClN2O3. The largest absolute Gasteiger partial charge is 0.480 e. The fourth-order valence-corrected chi connectivity index (χ4v) is 3.27. The number of halogens is 2. The number of anilines is 2. The average molecular weight is 468 g/mol. The van der Waals surface area contributed by atoms with Gasteiger partial charge in [0.15, 0.2) is 6.10 Å². The van der Waals surface area contributed by atoms with Crippen LogP contribution in [-0.2, 0) is 9.59 Å². The topological polar surface area (TPSA) is 67.4 Å². The number of hydrogen-bond donors (Lipinski definition) is 2. The van der Waals surface area contributed by atoms with Crippen molar-refractivity contribution >= 4 is 50.7 Å². The van der Waals surface area contributed by atoms with Crippen LogP contribution in [0.3, 0.4) is 0 Å². The third kappa shape index (κ3) is 7.17. The van der Waals surface area contributed by atoms with Gasteiger partial charge in [-0.15, -0.1) is 0 Å². The van der Waals surface area contributed by atoms with Gasteiger partial charge in [-0.25, -0.2) is 0 Å². The summed E-state index contributed by atoms with van der Waals surface area (Å²) in [5.41, 5.74) is 1.23. The van der Waals surface area contributed by atoms with Gasteiger partial charge in [0.25, 0.3) is 5.91 Å². The first kappa shape index (κ1) is 22.2. The zero-order valence-electron chi connectivity index (χ0n) is 15.9. The highest BCUT2D eigenvalue weighted by Gasteiger charge is 2.16. The van der Waals surface area contributed by atoms with E-state index in [0.717, 1.165) is 19.3 Å². The van der Waals surface area contributed by atoms with Gasteiger partial charge >= 0.3 is 0 Å². The van der Waals surface area contributed by atoms with Gasteiger partial charge in [-0.3, -0.25) is 9.59 Å². The van der Waals surface area contributed by atoms with Gasteiger partial charge < -0.3 is 15.4 Å². The third-order valence-electron chi connectivity index (χ3n) is 3.99. The third-order valence-corrected chi connectivity index (χ3v) is 4.84. The van der Waals surface area contributed by atoms with Crippen molar-refractivity contribution in [1.29, 1.82) is 0 Å². The molecule has 7 heteroatoms. The molecule has 0 saturated heterocycles. The number of benzene rings is 2. The SMILES string of the molecule is CCCCCC(=O)Nc1cccc(NC(=O)C(C)Oc2ccc(Cl)cc2Br)c1. The van der Waals surface area contributed by atoms with Crippen molar-refractivity contribution in [2.75, 3.05) is 10.6 Å². The summed E-state index contributed by atoms with van der Waals surface area (Å²) in [5.74, 6) is 0.203. The molecule has 0 saturated carbocycles. The number of unbranched alkanes of at least 4 members (excludes halogenated alkanes) is 2. The fourth-order valence-electron chi connectivity index (χ4n) is 2.49. The van der Waals surface area contributed by atoms with E-state index in [9.17, 15) is 9.59 Å². The predicted octanol–water partition coefficient (Wildman–Crippen LogP) is 6.03. The second-order valence-corrected chi connectivity index (χ2v) is 7.70. The van der Waals surface area contributed by atoms with E-state index in [2.05, 4.69) is 33.5 Å². The minimum Gasteiger partial charge on any atom is -0.480 e. The number of amides is 2. The van der Waals surface area contributed by atoms with Crippen LogP contribution in [0.4, 0.5) is 11.4 Å². The molecular weight excluding hydrogens is 444 g/mol. The van der Waals surface area contributed by atoms with Gasteiger partial charge in [0.1, 0.15) is 5.75 Å². The molecule has 1 atom stereocenters. The van der Waals surface area contributed by atoms with Crippen molar-refractivity contribution in [2.24, 2.45) is 0 Å². The van der Waals surface area contributed by atoms with Crippen molar-refractivity contribution in [3.8, 4) is 5.75 Å². The molecule has 2 aromatic carbocycles. The molecule has 0 aliphatic rings. The molecule has 0 bridgehead atoms. The minimum atomic E-state index is -0.718. The number of hydrogen-bond acceptors (Lipinski definition) is 3. The maximum absolute atomic E-state index is 12.4. The first-order valence-electron chi connectivity index (χ1n) is 9.21. The summed E-state index contributed by atoms with van der Waals surface area (Å²) < 4.78 is 6.37. The quantitative estimate of drug-likeness (QED) is 0.443. The highest BCUT2D eigenvalue weighted by molar-refractivity contribution is 9.10. The number of nitrogens with one attached hydrogen (secondary N) is 2. The van der Waals surface area contributed by atoms with Crippen LogP contribution in [0.5, 0.6) is 5.75 Å². The Hall–Kier alpha value is -2.05. The van der Waals surface area contributed by atoms with Gasteiger partial charge in [0, 0.05) is 22.8 Å². The Bertz CT molecular complexity index is 829. The molecule has 28 heavy (non-hydrogen) atoms. The van der Waals surface area contributed by atoms with E-state index in [1.807, 2.05) is 0 Å². The molecule has 1 unspecified atom stereocenters. The van der Waals surface area contributed by atoms with Crippen LogP contribution in [0.2, 0.25) is 5.02 Å². The molecule has 2 aromatic rings. The number of ether oxygens (including phenoxy) is 1. The van der Waals surface area contributed by atoms with Crippen molar-refractivity contribution in [2.45, 2.75) is 45.6 Å². The molecule has 5 nitrogen and oxygen atoms in total. The van der Waals surface area contributed by atoms with Crippen LogP contribution in [-0.4, -0.2) is 17.9 Å². The van der Waals surface area contributed by atoms with E-state index in [0.29, 0.717) is 33.0 Å². The monoisotopic (exact) mass is 466 g/mol. The van der Waals surface area contributed by atoms with E-state index in [4.69, 9.17) is 16.3 Å². The Kier molecular flexibility index (Phi) is 8.80. The fraction of sp³-hybridized carbons (Fsp3) is 0.333. The van der Waals surface area contributed by atoms with Gasteiger partial charge in [-0.05, 0) is 65.7 Å². The van der Waals surface area contributed by atoms with E-state index < -0.39 is 6.10 Å². The lowest BCUT2D eigenvalue weighted by Crippen LogP contribution is -2.30. The van der Waals surface area contributed by atoms with Crippen LogP contribution < -0.4 is 15.4 Å². The lowest BCUT2D eigenvalue weighted by molar-refractivity contribution is -0.122. The normalized spacial score (nSPS) is 11.6. The van der Waals surface area contributed by atoms with E-state index in [1.54, 1.807) is 49.4 Å². The standard InChI is InChI=1S/C21H24BrClN2O3/c1-3-4-5-9-20(26)24-16-7-6-8-17(13-16)25-21(27)14(2)28-19-11-10-15(23)12-18(19)22/h6-8,10-14H,3-5,9H2,1-2H3,(H,24,26)(H,25,27). The van der Waals surface area contributed by atoms with Crippen molar-refractivity contribution in [3.63, 3.8) is 0 Å². The lowest BCUT2D eigenvalue weighted by Gasteiger charge is -2.16. The van der Waals surface area contributed by atoms with Crippen LogP contribution in [0.25, 0.3) is 0 Å². The second kappa shape index (κ2) is 11.1. The van der Waals surface area contributed by atoms with E-state index in [-0.39, 0.29) is 11.8 Å². The molecule has 0 heterocycles. The van der Waals surface area contributed by atoms with Gasteiger partial charge in [-0.1, -0.05) is 37.4 Å². The summed E-state index contributed by atoms with van der Waals surface area (Å²) in [4.78, 5) is 24.4. The molecule has 2 N–H and O–H groups in total. The molecule has 0 spiro atoms. The van der Waals surface area contributed by atoms with Gasteiger partial charge in [-0.2, -0.15) is 0 Å². The summed E-state index contributed by atoms with van der Waals surface area (Å²) in [6.45, 7) is 3.76. The van der Waals surface area contributed by atoms with Crippen LogP contribution in [0.1, 0.15) is 39.5 Å². The van der Waals surface area contributed by atoms with Crippen LogP contribution >= 0.6 is 27.5 Å². The summed E-state index contributed by atoms with van der Waals surface area (Å²) in [5, 5.41) is 6.23. The highest BCUT2D eigenvalue weighted by atomic mass is 79.9. The molecule has 0 radical (unpaired) electrons. The van der Waals surface area contributed by atoms with Gasteiger partial charge in [0.2, 0.25) is 5.91 Å². The minimum absolute atomic E-state index is 0.0267. The second-order valence-electron chi connectivity index (χ2n) is 6.41. The molecule has 0 aliphatic heterocycles. The zero-order valence-corrected chi connectivity index (χ0v) is 18.3. The molecule has 2 rings (SSSR count). The Morgan fingerprint density at radius 3 is 2.50 bits per heavy atom. The van der Waals surface area contributed by atoms with Crippen LogP contribution in [0, 0.1) is 0 Å². The Morgan fingerprint density at radius 2 is 1.82 bits per heavy atom.